The standard InChI is InChI=1S/C14H9F2IN2S/c15-9-1-3-11(16)8(5-9)7-19-13-4-2-10(17)6-12(13)18-14(19)20/h1-6H,7H2,(H,18,20). The summed E-state index contributed by atoms with van der Waals surface area (Å²) in [7, 11) is 0. The maximum absolute atomic E-state index is 13.7. The molecule has 20 heavy (non-hydrogen) atoms. The first-order valence-electron chi connectivity index (χ1n) is 5.86. The number of nitrogens with zero attached hydrogens (tertiary/aromatic N) is 1. The van der Waals surface area contributed by atoms with Crippen LogP contribution in [-0.2, 0) is 6.54 Å². The van der Waals surface area contributed by atoms with Crippen LogP contribution in [0.25, 0.3) is 11.0 Å². The van der Waals surface area contributed by atoms with Crippen molar-refractivity contribution in [3.8, 4) is 0 Å². The third-order valence-electron chi connectivity index (χ3n) is 3.07. The second-order valence-corrected chi connectivity index (χ2v) is 6.05. The minimum atomic E-state index is -0.456. The number of hydrogen-bond acceptors (Lipinski definition) is 1. The van der Waals surface area contributed by atoms with E-state index in [1.54, 1.807) is 4.57 Å². The van der Waals surface area contributed by atoms with Crippen LogP contribution in [0.3, 0.4) is 0 Å². The fourth-order valence-electron chi connectivity index (χ4n) is 2.13. The number of H-pyrrole nitrogens is 1. The molecule has 0 unspecified atom stereocenters. The van der Waals surface area contributed by atoms with Crippen molar-refractivity contribution in [3.63, 3.8) is 0 Å². The lowest BCUT2D eigenvalue weighted by Crippen LogP contribution is -2.02. The summed E-state index contributed by atoms with van der Waals surface area (Å²) < 4.78 is 30.3. The van der Waals surface area contributed by atoms with Crippen LogP contribution in [0.2, 0.25) is 0 Å². The van der Waals surface area contributed by atoms with Gasteiger partial charge in [0.2, 0.25) is 0 Å². The second-order valence-electron chi connectivity index (χ2n) is 4.41. The molecule has 0 saturated heterocycles. The number of rotatable bonds is 2. The van der Waals surface area contributed by atoms with Gasteiger partial charge >= 0.3 is 0 Å². The molecule has 0 fully saturated rings. The summed E-state index contributed by atoms with van der Waals surface area (Å²) in [6.45, 7) is 0.197. The van der Waals surface area contributed by atoms with Crippen molar-refractivity contribution in [2.75, 3.05) is 0 Å². The van der Waals surface area contributed by atoms with Gasteiger partial charge in [-0.05, 0) is 71.2 Å². The Kier molecular flexibility index (Phi) is 3.59. The molecule has 0 spiro atoms. The molecule has 6 heteroatoms. The van der Waals surface area contributed by atoms with E-state index in [1.807, 2.05) is 18.2 Å². The van der Waals surface area contributed by atoms with Crippen LogP contribution in [0.15, 0.2) is 36.4 Å². The van der Waals surface area contributed by atoms with E-state index in [4.69, 9.17) is 12.2 Å². The number of nitrogens with one attached hydrogen (secondary N) is 1. The summed E-state index contributed by atoms with van der Waals surface area (Å²) in [6.07, 6.45) is 0. The van der Waals surface area contributed by atoms with E-state index in [-0.39, 0.29) is 12.1 Å². The molecule has 102 valence electrons. The molecule has 0 aliphatic rings. The Labute approximate surface area is 132 Å². The summed E-state index contributed by atoms with van der Waals surface area (Å²) in [5, 5.41) is 0. The number of imidazole rings is 1. The average molecular weight is 402 g/mol. The summed E-state index contributed by atoms with van der Waals surface area (Å²) in [4.78, 5) is 3.08. The number of hydrogen-bond donors (Lipinski definition) is 1. The quantitative estimate of drug-likeness (QED) is 0.490. The van der Waals surface area contributed by atoms with E-state index in [2.05, 4.69) is 27.6 Å². The zero-order chi connectivity index (χ0) is 14.3. The predicted molar refractivity (Wildman–Crippen MR) is 85.3 cm³/mol. The van der Waals surface area contributed by atoms with Gasteiger partial charge in [-0.15, -0.1) is 0 Å². The van der Waals surface area contributed by atoms with Gasteiger partial charge in [0.25, 0.3) is 0 Å². The van der Waals surface area contributed by atoms with E-state index < -0.39 is 11.6 Å². The summed E-state index contributed by atoms with van der Waals surface area (Å²) >= 11 is 7.47. The van der Waals surface area contributed by atoms with Gasteiger partial charge in [-0.2, -0.15) is 0 Å². The van der Waals surface area contributed by atoms with Gasteiger partial charge in [0, 0.05) is 9.13 Å². The Bertz CT molecular complexity index is 854. The van der Waals surface area contributed by atoms with Crippen molar-refractivity contribution < 1.29 is 8.78 Å². The summed E-state index contributed by atoms with van der Waals surface area (Å²) in [5.41, 5.74) is 2.04. The van der Waals surface area contributed by atoms with E-state index in [0.29, 0.717) is 4.77 Å². The number of fused-ring (bicyclic) bond motifs is 1. The Morgan fingerprint density at radius 3 is 2.75 bits per heavy atom. The minimum absolute atomic E-state index is 0.197. The van der Waals surface area contributed by atoms with E-state index in [9.17, 15) is 8.78 Å². The van der Waals surface area contributed by atoms with Crippen LogP contribution in [0.5, 0.6) is 0 Å². The van der Waals surface area contributed by atoms with Gasteiger partial charge in [0.15, 0.2) is 4.77 Å². The zero-order valence-electron chi connectivity index (χ0n) is 10.2. The average Bonchev–Trinajstić information content (AvgIpc) is 2.69. The molecule has 0 amide bonds. The summed E-state index contributed by atoms with van der Waals surface area (Å²) in [6, 6.07) is 9.26. The van der Waals surface area contributed by atoms with Gasteiger partial charge in [-0.25, -0.2) is 8.78 Å². The minimum Gasteiger partial charge on any atom is -0.331 e. The molecule has 0 aliphatic carbocycles. The van der Waals surface area contributed by atoms with Gasteiger partial charge in [0.05, 0.1) is 17.6 Å². The largest absolute Gasteiger partial charge is 0.331 e. The van der Waals surface area contributed by atoms with Gasteiger partial charge in [0.1, 0.15) is 11.6 Å². The Hall–Kier alpha value is -1.28. The van der Waals surface area contributed by atoms with Gasteiger partial charge < -0.3 is 9.55 Å². The Morgan fingerprint density at radius 2 is 1.95 bits per heavy atom. The number of halogens is 3. The lowest BCUT2D eigenvalue weighted by Gasteiger charge is -2.06. The van der Waals surface area contributed by atoms with Crippen molar-refractivity contribution in [3.05, 3.63) is 61.9 Å². The fraction of sp³-hybridized carbons (Fsp3) is 0.0714. The topological polar surface area (TPSA) is 20.7 Å². The lowest BCUT2D eigenvalue weighted by molar-refractivity contribution is 0.578. The maximum atomic E-state index is 13.7. The highest BCUT2D eigenvalue weighted by molar-refractivity contribution is 14.1. The summed E-state index contributed by atoms with van der Waals surface area (Å²) in [5.74, 6) is -0.893. The molecule has 2 nitrogen and oxygen atoms in total. The lowest BCUT2D eigenvalue weighted by atomic mass is 10.2. The molecule has 0 atom stereocenters. The number of benzene rings is 2. The third-order valence-corrected chi connectivity index (χ3v) is 4.07. The van der Waals surface area contributed by atoms with E-state index in [1.165, 1.54) is 6.07 Å². The molecule has 1 N–H and O–H groups in total. The molecule has 3 rings (SSSR count). The van der Waals surface area contributed by atoms with Crippen LogP contribution in [0.1, 0.15) is 5.56 Å². The maximum Gasteiger partial charge on any atom is 0.178 e. The molecule has 1 heterocycles. The molecule has 3 aromatic rings. The number of aromatic amines is 1. The van der Waals surface area contributed by atoms with Crippen molar-refractivity contribution in [1.82, 2.24) is 9.55 Å². The normalized spacial score (nSPS) is 11.2. The SMILES string of the molecule is Fc1ccc(F)c(Cn2c(=S)[nH]c3cc(I)ccc32)c1. The first-order valence-corrected chi connectivity index (χ1v) is 7.35. The first kappa shape index (κ1) is 13.7. The Balaban J connectivity index is 2.13. The van der Waals surface area contributed by atoms with E-state index >= 15 is 0 Å². The highest BCUT2D eigenvalue weighted by atomic mass is 127. The molecule has 2 aromatic carbocycles. The van der Waals surface area contributed by atoms with Crippen LogP contribution >= 0.6 is 34.8 Å². The monoisotopic (exact) mass is 402 g/mol. The molecule has 0 aliphatic heterocycles. The highest BCUT2D eigenvalue weighted by Gasteiger charge is 2.09. The number of aromatic nitrogens is 2. The first-order chi connectivity index (χ1) is 9.54. The van der Waals surface area contributed by atoms with Gasteiger partial charge in [-0.1, -0.05) is 0 Å². The second kappa shape index (κ2) is 5.25. The van der Waals surface area contributed by atoms with Crippen molar-refractivity contribution in [2.45, 2.75) is 6.54 Å². The van der Waals surface area contributed by atoms with Crippen molar-refractivity contribution >= 4 is 45.8 Å². The Morgan fingerprint density at radius 1 is 1.15 bits per heavy atom. The highest BCUT2D eigenvalue weighted by Crippen LogP contribution is 2.20. The van der Waals surface area contributed by atoms with Crippen LogP contribution in [0, 0.1) is 20.0 Å². The molecule has 0 radical (unpaired) electrons. The zero-order valence-corrected chi connectivity index (χ0v) is 13.1. The van der Waals surface area contributed by atoms with Crippen LogP contribution in [-0.4, -0.2) is 9.55 Å². The van der Waals surface area contributed by atoms with Crippen LogP contribution < -0.4 is 0 Å². The van der Waals surface area contributed by atoms with Crippen LogP contribution in [0.4, 0.5) is 8.78 Å². The molecular weight excluding hydrogens is 393 g/mol. The van der Waals surface area contributed by atoms with Crippen molar-refractivity contribution in [2.24, 2.45) is 0 Å². The smallest absolute Gasteiger partial charge is 0.178 e. The molecular formula is C14H9F2IN2S. The predicted octanol–water partition coefficient (Wildman–Crippen LogP) is 4.63. The molecule has 0 bridgehead atoms. The molecule has 1 aromatic heterocycles. The van der Waals surface area contributed by atoms with Crippen molar-refractivity contribution in [1.29, 1.82) is 0 Å². The van der Waals surface area contributed by atoms with E-state index in [0.717, 1.165) is 26.7 Å². The third kappa shape index (κ3) is 2.49. The van der Waals surface area contributed by atoms with Gasteiger partial charge in [-0.3, -0.25) is 0 Å². The molecule has 0 saturated carbocycles. The fourth-order valence-corrected chi connectivity index (χ4v) is 2.89.